The van der Waals surface area contributed by atoms with Crippen LogP contribution in [0.5, 0.6) is 0 Å². The van der Waals surface area contributed by atoms with Gasteiger partial charge in [-0.05, 0) is 50.3 Å². The number of anilines is 1. The van der Waals surface area contributed by atoms with Crippen LogP contribution in [0.15, 0.2) is 36.5 Å². The molecule has 3 fully saturated rings. The summed E-state index contributed by atoms with van der Waals surface area (Å²) in [6.07, 6.45) is 4.23. The molecule has 2 saturated heterocycles. The van der Waals surface area contributed by atoms with Gasteiger partial charge in [0.1, 0.15) is 5.54 Å². The van der Waals surface area contributed by atoms with E-state index in [-0.39, 0.29) is 30.2 Å². The predicted molar refractivity (Wildman–Crippen MR) is 123 cm³/mol. The SMILES string of the molecule is C[C@H]1CN(C(=O)CCC2(C3CC3)NC(=O)NC2=O)CCN1c1cccc(-c2ccnn2C)c1. The summed E-state index contributed by atoms with van der Waals surface area (Å²) in [6.45, 7) is 4.14. The first kappa shape index (κ1) is 21.5. The molecule has 2 aliphatic heterocycles. The highest BCUT2D eigenvalue weighted by Gasteiger charge is 2.55. The second-order valence-electron chi connectivity index (χ2n) is 9.43. The number of nitrogens with zero attached hydrogens (tertiary/aromatic N) is 4. The zero-order valence-corrected chi connectivity index (χ0v) is 19.1. The molecule has 33 heavy (non-hydrogen) atoms. The minimum atomic E-state index is -0.910. The lowest BCUT2D eigenvalue weighted by atomic mass is 9.87. The molecule has 3 aliphatic rings. The van der Waals surface area contributed by atoms with Crippen LogP contribution in [-0.2, 0) is 16.6 Å². The van der Waals surface area contributed by atoms with Gasteiger partial charge in [0.25, 0.3) is 5.91 Å². The van der Waals surface area contributed by atoms with E-state index in [2.05, 4.69) is 51.8 Å². The van der Waals surface area contributed by atoms with Crippen molar-refractivity contribution in [3.8, 4) is 11.3 Å². The number of imide groups is 1. The lowest BCUT2D eigenvalue weighted by molar-refractivity contribution is -0.133. The normalized spacial score (nSPS) is 25.2. The van der Waals surface area contributed by atoms with E-state index in [4.69, 9.17) is 0 Å². The van der Waals surface area contributed by atoms with Gasteiger partial charge in [-0.1, -0.05) is 12.1 Å². The summed E-state index contributed by atoms with van der Waals surface area (Å²) in [5.74, 6) is -0.104. The number of carbonyl (C=O) groups excluding carboxylic acids is 3. The Morgan fingerprint density at radius 1 is 1.21 bits per heavy atom. The Kier molecular flexibility index (Phi) is 5.34. The molecule has 0 radical (unpaired) electrons. The molecule has 1 aromatic carbocycles. The van der Waals surface area contributed by atoms with Crippen LogP contribution in [0.4, 0.5) is 10.5 Å². The number of nitrogens with one attached hydrogen (secondary N) is 2. The van der Waals surface area contributed by atoms with Crippen molar-refractivity contribution < 1.29 is 14.4 Å². The quantitative estimate of drug-likeness (QED) is 0.655. The minimum Gasteiger partial charge on any atom is -0.365 e. The molecule has 1 unspecified atom stereocenters. The summed E-state index contributed by atoms with van der Waals surface area (Å²) in [6, 6.07) is 10.1. The van der Waals surface area contributed by atoms with E-state index < -0.39 is 11.6 Å². The second kappa shape index (κ2) is 8.20. The minimum absolute atomic E-state index is 0.0408. The van der Waals surface area contributed by atoms with Crippen LogP contribution in [0.1, 0.15) is 32.6 Å². The van der Waals surface area contributed by atoms with Gasteiger partial charge in [0, 0.05) is 56.6 Å². The molecule has 9 heteroatoms. The lowest BCUT2D eigenvalue weighted by Crippen LogP contribution is -2.54. The molecular weight excluding hydrogens is 420 g/mol. The van der Waals surface area contributed by atoms with Crippen molar-refractivity contribution in [3.63, 3.8) is 0 Å². The molecule has 0 bridgehead atoms. The van der Waals surface area contributed by atoms with Crippen LogP contribution in [0, 0.1) is 5.92 Å². The number of hydrogen-bond acceptors (Lipinski definition) is 5. The molecule has 9 nitrogen and oxygen atoms in total. The van der Waals surface area contributed by atoms with Gasteiger partial charge in [0.15, 0.2) is 0 Å². The van der Waals surface area contributed by atoms with E-state index in [1.165, 1.54) is 0 Å². The van der Waals surface area contributed by atoms with Crippen molar-refractivity contribution in [2.24, 2.45) is 13.0 Å². The lowest BCUT2D eigenvalue weighted by Gasteiger charge is -2.41. The van der Waals surface area contributed by atoms with Gasteiger partial charge in [0.05, 0.1) is 5.69 Å². The standard InChI is InChI=1S/C24H30N6O3/c1-16-15-29(21(31)8-10-24(18-6-7-18)22(32)26-23(33)27-24)12-13-30(16)19-5-3-4-17(14-19)20-9-11-25-28(20)2/h3-5,9,11,14,16,18H,6-8,10,12-13,15H2,1-2H3,(H2,26,27,32,33)/t16-,24?/m0/s1. The molecule has 174 valence electrons. The number of hydrogen-bond donors (Lipinski definition) is 2. The van der Waals surface area contributed by atoms with E-state index in [0.717, 1.165) is 36.3 Å². The molecule has 4 amide bonds. The monoisotopic (exact) mass is 450 g/mol. The van der Waals surface area contributed by atoms with Gasteiger partial charge >= 0.3 is 6.03 Å². The molecule has 0 spiro atoms. The van der Waals surface area contributed by atoms with Crippen LogP contribution in [0.25, 0.3) is 11.3 Å². The predicted octanol–water partition coefficient (Wildman–Crippen LogP) is 1.89. The summed E-state index contributed by atoms with van der Waals surface area (Å²) in [5, 5.41) is 9.43. The number of amides is 4. The number of benzene rings is 1. The zero-order valence-electron chi connectivity index (χ0n) is 19.1. The molecular formula is C24H30N6O3. The van der Waals surface area contributed by atoms with Crippen LogP contribution in [-0.4, -0.2) is 63.7 Å². The zero-order chi connectivity index (χ0) is 23.2. The van der Waals surface area contributed by atoms with Crippen LogP contribution >= 0.6 is 0 Å². The number of urea groups is 1. The molecule has 2 aromatic rings. The first-order valence-electron chi connectivity index (χ1n) is 11.6. The summed E-state index contributed by atoms with van der Waals surface area (Å²) in [5.41, 5.74) is 2.39. The van der Waals surface area contributed by atoms with Crippen molar-refractivity contribution >= 4 is 23.5 Å². The maximum atomic E-state index is 13.0. The fraction of sp³-hybridized carbons (Fsp3) is 0.500. The fourth-order valence-electron chi connectivity index (χ4n) is 5.28. The van der Waals surface area contributed by atoms with E-state index in [9.17, 15) is 14.4 Å². The van der Waals surface area contributed by atoms with Crippen molar-refractivity contribution in [3.05, 3.63) is 36.5 Å². The Balaban J connectivity index is 1.22. The average molecular weight is 451 g/mol. The Labute approximate surface area is 193 Å². The molecule has 1 aromatic heterocycles. The topological polar surface area (TPSA) is 99.6 Å². The summed E-state index contributed by atoms with van der Waals surface area (Å²) < 4.78 is 1.86. The van der Waals surface area contributed by atoms with Crippen molar-refractivity contribution in [2.45, 2.75) is 44.2 Å². The Hall–Kier alpha value is -3.36. The van der Waals surface area contributed by atoms with Gasteiger partial charge in [0.2, 0.25) is 5.91 Å². The summed E-state index contributed by atoms with van der Waals surface area (Å²) in [4.78, 5) is 41.4. The van der Waals surface area contributed by atoms with Crippen LogP contribution < -0.4 is 15.5 Å². The Bertz CT molecular complexity index is 1090. The average Bonchev–Trinajstić information content (AvgIpc) is 3.50. The first-order valence-corrected chi connectivity index (χ1v) is 11.6. The summed E-state index contributed by atoms with van der Waals surface area (Å²) >= 11 is 0. The molecule has 1 aliphatic carbocycles. The highest BCUT2D eigenvalue weighted by atomic mass is 16.2. The van der Waals surface area contributed by atoms with Gasteiger partial charge < -0.3 is 15.1 Å². The van der Waals surface area contributed by atoms with Gasteiger partial charge in [-0.25, -0.2) is 4.79 Å². The van der Waals surface area contributed by atoms with Crippen LogP contribution in [0.3, 0.4) is 0 Å². The molecule has 2 N–H and O–H groups in total. The number of rotatable bonds is 6. The molecule has 2 atom stereocenters. The number of aromatic nitrogens is 2. The third kappa shape index (κ3) is 3.96. The molecule has 1 saturated carbocycles. The van der Waals surface area contributed by atoms with Gasteiger partial charge in [-0.3, -0.25) is 19.6 Å². The maximum Gasteiger partial charge on any atom is 0.322 e. The number of aryl methyl sites for hydroxylation is 1. The van der Waals surface area contributed by atoms with Crippen molar-refractivity contribution in [2.75, 3.05) is 24.5 Å². The highest BCUT2D eigenvalue weighted by Crippen LogP contribution is 2.43. The van der Waals surface area contributed by atoms with Gasteiger partial charge in [-0.2, -0.15) is 5.10 Å². The fourth-order valence-corrected chi connectivity index (χ4v) is 5.28. The third-order valence-electron chi connectivity index (χ3n) is 7.25. The smallest absolute Gasteiger partial charge is 0.322 e. The number of piperazine rings is 1. The van der Waals surface area contributed by atoms with Crippen molar-refractivity contribution in [1.29, 1.82) is 0 Å². The Morgan fingerprint density at radius 3 is 2.67 bits per heavy atom. The first-order chi connectivity index (χ1) is 15.9. The van der Waals surface area contributed by atoms with E-state index in [1.807, 2.05) is 22.7 Å². The van der Waals surface area contributed by atoms with Crippen LogP contribution in [0.2, 0.25) is 0 Å². The Morgan fingerprint density at radius 2 is 2.03 bits per heavy atom. The third-order valence-corrected chi connectivity index (χ3v) is 7.25. The van der Waals surface area contributed by atoms with E-state index in [1.54, 1.807) is 6.20 Å². The molecule has 3 heterocycles. The van der Waals surface area contributed by atoms with Crippen molar-refractivity contribution in [1.82, 2.24) is 25.3 Å². The highest BCUT2D eigenvalue weighted by molar-refractivity contribution is 6.07. The number of carbonyl (C=O) groups is 3. The largest absolute Gasteiger partial charge is 0.365 e. The molecule has 5 rings (SSSR count). The van der Waals surface area contributed by atoms with Gasteiger partial charge in [-0.15, -0.1) is 0 Å². The van der Waals surface area contributed by atoms with E-state index in [0.29, 0.717) is 19.5 Å². The second-order valence-corrected chi connectivity index (χ2v) is 9.43. The summed E-state index contributed by atoms with van der Waals surface area (Å²) in [7, 11) is 1.93. The van der Waals surface area contributed by atoms with E-state index >= 15 is 0 Å². The maximum absolute atomic E-state index is 13.0.